The molecule has 0 aliphatic rings. The number of benzene rings is 2. The van der Waals surface area contributed by atoms with E-state index in [1.165, 1.54) is 0 Å². The molecular formula is C12H13N2O2PS2. The molecule has 0 unspecified atom stereocenters. The van der Waals surface area contributed by atoms with Gasteiger partial charge in [0, 0.05) is 0 Å². The van der Waals surface area contributed by atoms with Gasteiger partial charge in [0.25, 0.3) is 5.69 Å². The quantitative estimate of drug-likeness (QED) is 0.423. The molecular weight excluding hydrogens is 299 g/mol. The van der Waals surface area contributed by atoms with E-state index in [1.54, 1.807) is 0 Å². The summed E-state index contributed by atoms with van der Waals surface area (Å²) in [5.74, 6) is 0. The van der Waals surface area contributed by atoms with E-state index in [0.29, 0.717) is 0 Å². The number of thiol groups is 1. The number of para-hydroxylation sites is 2. The van der Waals surface area contributed by atoms with E-state index >= 15 is 0 Å². The minimum absolute atomic E-state index is 0.786. The van der Waals surface area contributed by atoms with Gasteiger partial charge in [-0.1, -0.05) is 48.6 Å². The lowest BCUT2D eigenvalue weighted by Crippen LogP contribution is -2.03. The van der Waals surface area contributed by atoms with E-state index in [1.807, 2.05) is 60.7 Å². The average molecular weight is 312 g/mol. The van der Waals surface area contributed by atoms with Gasteiger partial charge in [-0.25, -0.2) is 9.25 Å². The Bertz CT molecular complexity index is 507. The van der Waals surface area contributed by atoms with Crippen LogP contribution in [0.2, 0.25) is 0 Å². The van der Waals surface area contributed by atoms with Crippen LogP contribution in [0.5, 0.6) is 0 Å². The summed E-state index contributed by atoms with van der Waals surface area (Å²) in [6.07, 6.45) is 0. The zero-order chi connectivity index (χ0) is 13.6. The van der Waals surface area contributed by atoms with Gasteiger partial charge in [-0.15, -0.1) is 0 Å². The van der Waals surface area contributed by atoms with Crippen LogP contribution in [-0.4, -0.2) is 0 Å². The lowest BCUT2D eigenvalue weighted by molar-refractivity contribution is 0.345. The zero-order valence-electron chi connectivity index (χ0n) is 9.89. The SMILES string of the molecule is S=P(S)(ONc1ccccc1)ONc1ccccc1. The maximum atomic E-state index is 5.29. The summed E-state index contributed by atoms with van der Waals surface area (Å²) in [7, 11) is 0. The van der Waals surface area contributed by atoms with Crippen molar-refractivity contribution in [2.45, 2.75) is 0 Å². The highest BCUT2D eigenvalue weighted by Crippen LogP contribution is 2.52. The maximum Gasteiger partial charge on any atom is 0.289 e. The Morgan fingerprint density at radius 1 is 0.789 bits per heavy atom. The monoisotopic (exact) mass is 312 g/mol. The Kier molecular flexibility index (Phi) is 5.24. The Morgan fingerprint density at radius 2 is 1.16 bits per heavy atom. The Hall–Kier alpha value is -1.04. The van der Waals surface area contributed by atoms with Crippen LogP contribution in [0.4, 0.5) is 11.4 Å². The maximum absolute atomic E-state index is 5.29. The van der Waals surface area contributed by atoms with Gasteiger partial charge in [0.05, 0.1) is 11.4 Å². The minimum atomic E-state index is -2.72. The molecule has 19 heavy (non-hydrogen) atoms. The second-order valence-electron chi connectivity index (χ2n) is 3.59. The molecule has 0 bridgehead atoms. The second-order valence-corrected chi connectivity index (χ2v) is 8.72. The van der Waals surface area contributed by atoms with E-state index in [2.05, 4.69) is 23.2 Å². The van der Waals surface area contributed by atoms with Crippen molar-refractivity contribution in [3.63, 3.8) is 0 Å². The number of rotatable bonds is 6. The fourth-order valence-electron chi connectivity index (χ4n) is 1.25. The van der Waals surface area contributed by atoms with Gasteiger partial charge in [-0.05, 0) is 36.1 Å². The minimum Gasteiger partial charge on any atom is -0.259 e. The molecule has 2 N–H and O–H groups in total. The first-order valence-corrected chi connectivity index (χ1v) is 9.27. The molecule has 2 aromatic rings. The molecule has 0 fully saturated rings. The molecule has 0 aliphatic carbocycles. The number of anilines is 2. The molecule has 7 heteroatoms. The van der Waals surface area contributed by atoms with Gasteiger partial charge < -0.3 is 0 Å². The van der Waals surface area contributed by atoms with E-state index < -0.39 is 5.69 Å². The van der Waals surface area contributed by atoms with Gasteiger partial charge in [0.15, 0.2) is 0 Å². The van der Waals surface area contributed by atoms with Crippen molar-refractivity contribution in [3.8, 4) is 0 Å². The van der Waals surface area contributed by atoms with Crippen molar-refractivity contribution in [2.24, 2.45) is 0 Å². The molecule has 100 valence electrons. The molecule has 2 aromatic carbocycles. The fraction of sp³-hybridized carbons (Fsp3) is 0. The van der Waals surface area contributed by atoms with E-state index in [-0.39, 0.29) is 0 Å². The summed E-state index contributed by atoms with van der Waals surface area (Å²) in [6.45, 7) is 0. The second kappa shape index (κ2) is 6.93. The van der Waals surface area contributed by atoms with Crippen LogP contribution in [0.25, 0.3) is 0 Å². The van der Waals surface area contributed by atoms with Crippen molar-refractivity contribution in [1.29, 1.82) is 0 Å². The van der Waals surface area contributed by atoms with Crippen LogP contribution in [0.1, 0.15) is 0 Å². The highest BCUT2D eigenvalue weighted by molar-refractivity contribution is 8.60. The molecule has 4 nitrogen and oxygen atoms in total. The molecule has 0 amide bonds. The molecule has 0 aromatic heterocycles. The average Bonchev–Trinajstić information content (AvgIpc) is 2.46. The smallest absolute Gasteiger partial charge is 0.259 e. The molecule has 0 saturated heterocycles. The van der Waals surface area contributed by atoms with Gasteiger partial charge in [0.1, 0.15) is 0 Å². The summed E-state index contributed by atoms with van der Waals surface area (Å²) in [4.78, 5) is 0. The third kappa shape index (κ3) is 5.22. The standard InChI is InChI=1S/C12H13N2O2PS2/c18-17(19,15-13-11-7-3-1-4-8-11)16-14-12-9-5-2-6-10-12/h1-10,13-14H,(H,18,19). The summed E-state index contributed by atoms with van der Waals surface area (Å²) < 4.78 is 10.6. The largest absolute Gasteiger partial charge is 0.289 e. The summed E-state index contributed by atoms with van der Waals surface area (Å²) in [5, 5.41) is 0. The molecule has 0 saturated carbocycles. The van der Waals surface area contributed by atoms with Crippen LogP contribution in [0.3, 0.4) is 0 Å². The van der Waals surface area contributed by atoms with Crippen molar-refractivity contribution in [2.75, 3.05) is 11.0 Å². The van der Waals surface area contributed by atoms with Crippen LogP contribution in [0.15, 0.2) is 60.7 Å². The van der Waals surface area contributed by atoms with Crippen LogP contribution in [-0.2, 0) is 21.1 Å². The number of hydrogen-bond acceptors (Lipinski definition) is 5. The summed E-state index contributed by atoms with van der Waals surface area (Å²) >= 11 is 9.35. The first-order chi connectivity index (χ1) is 9.16. The van der Waals surface area contributed by atoms with E-state index in [0.717, 1.165) is 11.4 Å². The third-order valence-electron chi connectivity index (χ3n) is 2.11. The highest BCUT2D eigenvalue weighted by atomic mass is 32.9. The Balaban J connectivity index is 1.84. The first kappa shape index (κ1) is 14.4. The van der Waals surface area contributed by atoms with Crippen molar-refractivity contribution < 1.29 is 9.25 Å². The number of hydrogen-bond donors (Lipinski definition) is 3. The van der Waals surface area contributed by atoms with E-state index in [9.17, 15) is 0 Å². The summed E-state index contributed by atoms with van der Waals surface area (Å²) in [5.41, 5.74) is 4.30. The number of nitrogens with one attached hydrogen (secondary N) is 2. The Labute approximate surface area is 122 Å². The Morgan fingerprint density at radius 3 is 1.53 bits per heavy atom. The molecule has 0 radical (unpaired) electrons. The topological polar surface area (TPSA) is 42.5 Å². The third-order valence-corrected chi connectivity index (χ3v) is 3.69. The van der Waals surface area contributed by atoms with Gasteiger partial charge in [-0.3, -0.25) is 11.0 Å². The van der Waals surface area contributed by atoms with Crippen molar-refractivity contribution >= 4 is 41.1 Å². The van der Waals surface area contributed by atoms with Gasteiger partial charge >= 0.3 is 0 Å². The van der Waals surface area contributed by atoms with Crippen molar-refractivity contribution in [3.05, 3.63) is 60.7 Å². The summed E-state index contributed by atoms with van der Waals surface area (Å²) in [6, 6.07) is 18.8. The van der Waals surface area contributed by atoms with Crippen molar-refractivity contribution in [1.82, 2.24) is 0 Å². The van der Waals surface area contributed by atoms with Gasteiger partial charge in [0.2, 0.25) is 0 Å². The first-order valence-electron chi connectivity index (χ1n) is 5.48. The molecule has 0 atom stereocenters. The molecule has 0 heterocycles. The van der Waals surface area contributed by atoms with Gasteiger partial charge in [-0.2, -0.15) is 0 Å². The fourth-order valence-corrected chi connectivity index (χ4v) is 2.20. The lowest BCUT2D eigenvalue weighted by Gasteiger charge is -2.17. The van der Waals surface area contributed by atoms with E-state index in [4.69, 9.17) is 21.1 Å². The molecule has 0 spiro atoms. The molecule has 0 aliphatic heterocycles. The normalized spacial score (nSPS) is 11.0. The predicted octanol–water partition coefficient (Wildman–Crippen LogP) is 4.23. The predicted molar refractivity (Wildman–Crippen MR) is 85.6 cm³/mol. The molecule has 2 rings (SSSR count). The van der Waals surface area contributed by atoms with Crippen LogP contribution >= 0.6 is 17.9 Å². The van der Waals surface area contributed by atoms with Crippen LogP contribution in [0, 0.1) is 0 Å². The van der Waals surface area contributed by atoms with Crippen LogP contribution < -0.4 is 11.0 Å². The lowest BCUT2D eigenvalue weighted by atomic mass is 10.3. The zero-order valence-corrected chi connectivity index (χ0v) is 12.5. The highest BCUT2D eigenvalue weighted by Gasteiger charge is 2.14.